The molecule has 0 unspecified atom stereocenters. The minimum absolute atomic E-state index is 0.106. The highest BCUT2D eigenvalue weighted by molar-refractivity contribution is 5.92. The van der Waals surface area contributed by atoms with Gasteiger partial charge in [0.05, 0.1) is 0 Å². The number of hydrogen-bond donors (Lipinski definition) is 1. The Morgan fingerprint density at radius 3 is 2.25 bits per heavy atom. The van der Waals surface area contributed by atoms with Crippen LogP contribution in [0.2, 0.25) is 0 Å². The lowest BCUT2D eigenvalue weighted by molar-refractivity contribution is -0.118. The summed E-state index contributed by atoms with van der Waals surface area (Å²) >= 11 is 0. The van der Waals surface area contributed by atoms with Crippen LogP contribution in [0.3, 0.4) is 0 Å². The molecule has 1 aliphatic rings. The second-order valence-electron chi connectivity index (χ2n) is 8.17. The molecule has 0 radical (unpaired) electrons. The molecule has 32 heavy (non-hydrogen) atoms. The average Bonchev–Trinajstić information content (AvgIpc) is 2.77. The van der Waals surface area contributed by atoms with E-state index < -0.39 is 0 Å². The molecular formula is C25H29N5O2. The Morgan fingerprint density at radius 2 is 1.56 bits per heavy atom. The second-order valence-corrected chi connectivity index (χ2v) is 8.17. The molecule has 1 amide bonds. The van der Waals surface area contributed by atoms with Crippen LogP contribution in [0.15, 0.2) is 54.6 Å². The zero-order valence-electron chi connectivity index (χ0n) is 18.8. The molecule has 3 aromatic rings. The molecule has 0 aliphatic carbocycles. The third kappa shape index (κ3) is 5.55. The van der Waals surface area contributed by atoms with Crippen LogP contribution in [0, 0.1) is 20.8 Å². The molecule has 0 atom stereocenters. The smallest absolute Gasteiger partial charge is 0.262 e. The van der Waals surface area contributed by atoms with Crippen LogP contribution in [-0.4, -0.2) is 48.7 Å². The van der Waals surface area contributed by atoms with E-state index in [0.717, 1.165) is 48.7 Å². The molecule has 7 nitrogen and oxygen atoms in total. The molecule has 0 spiro atoms. The van der Waals surface area contributed by atoms with Crippen molar-refractivity contribution in [3.05, 3.63) is 71.4 Å². The van der Waals surface area contributed by atoms with Gasteiger partial charge in [-0.3, -0.25) is 4.79 Å². The molecule has 1 aliphatic heterocycles. The van der Waals surface area contributed by atoms with E-state index in [1.165, 1.54) is 5.69 Å². The number of nitrogens with one attached hydrogen (secondary N) is 1. The number of carbonyl (C=O) groups is 1. The van der Waals surface area contributed by atoms with Crippen molar-refractivity contribution in [2.24, 2.45) is 0 Å². The van der Waals surface area contributed by atoms with Gasteiger partial charge in [0.25, 0.3) is 5.91 Å². The van der Waals surface area contributed by atoms with Gasteiger partial charge in [-0.15, -0.1) is 0 Å². The standard InChI is InChI=1S/C25H29N5O2/c1-18-13-19(2)15-21(14-18)27-23(31)17-32-24-16-20(3)26-25(28-24)30-11-9-29(10-12-30)22-7-5-4-6-8-22/h4-8,13-16H,9-12,17H2,1-3H3,(H,27,31). The highest BCUT2D eigenvalue weighted by Gasteiger charge is 2.20. The number of hydrogen-bond acceptors (Lipinski definition) is 6. The van der Waals surface area contributed by atoms with Crippen molar-refractivity contribution in [1.82, 2.24) is 9.97 Å². The van der Waals surface area contributed by atoms with E-state index in [2.05, 4.69) is 55.4 Å². The number of para-hydroxylation sites is 1. The predicted octanol–water partition coefficient (Wildman–Crippen LogP) is 3.75. The highest BCUT2D eigenvalue weighted by atomic mass is 16.5. The maximum absolute atomic E-state index is 12.4. The van der Waals surface area contributed by atoms with Crippen LogP contribution < -0.4 is 19.9 Å². The molecule has 0 saturated carbocycles. The van der Waals surface area contributed by atoms with Crippen LogP contribution in [0.5, 0.6) is 5.88 Å². The number of benzene rings is 2. The Balaban J connectivity index is 1.35. The van der Waals surface area contributed by atoms with E-state index in [4.69, 9.17) is 4.74 Å². The highest BCUT2D eigenvalue weighted by Crippen LogP contribution is 2.20. The maximum Gasteiger partial charge on any atom is 0.262 e. The summed E-state index contributed by atoms with van der Waals surface area (Å²) in [6.07, 6.45) is 0. The summed E-state index contributed by atoms with van der Waals surface area (Å²) in [4.78, 5) is 26.0. The van der Waals surface area contributed by atoms with Crippen LogP contribution >= 0.6 is 0 Å². The monoisotopic (exact) mass is 431 g/mol. The van der Waals surface area contributed by atoms with Crippen LogP contribution in [0.1, 0.15) is 16.8 Å². The van der Waals surface area contributed by atoms with Gasteiger partial charge in [-0.2, -0.15) is 4.98 Å². The van der Waals surface area contributed by atoms with Gasteiger partial charge >= 0.3 is 0 Å². The Bertz CT molecular complexity index is 1060. The van der Waals surface area contributed by atoms with Crippen molar-refractivity contribution >= 4 is 23.2 Å². The fraction of sp³-hybridized carbons (Fsp3) is 0.320. The average molecular weight is 432 g/mol. The Kier molecular flexibility index (Phi) is 6.54. The molecule has 166 valence electrons. The van der Waals surface area contributed by atoms with Crippen molar-refractivity contribution in [2.45, 2.75) is 20.8 Å². The van der Waals surface area contributed by atoms with Gasteiger partial charge in [0, 0.05) is 49.3 Å². The van der Waals surface area contributed by atoms with Gasteiger partial charge in [0.2, 0.25) is 11.8 Å². The minimum atomic E-state index is -0.218. The SMILES string of the molecule is Cc1cc(C)cc(NC(=O)COc2cc(C)nc(N3CCN(c4ccccc4)CC3)n2)c1. The number of amides is 1. The number of rotatable bonds is 6. The zero-order chi connectivity index (χ0) is 22.5. The lowest BCUT2D eigenvalue weighted by Crippen LogP contribution is -2.47. The number of carbonyl (C=O) groups excluding carboxylic acids is 1. The van der Waals surface area contributed by atoms with E-state index in [9.17, 15) is 4.79 Å². The van der Waals surface area contributed by atoms with E-state index in [0.29, 0.717) is 11.8 Å². The molecule has 4 rings (SSSR count). The first-order valence-electron chi connectivity index (χ1n) is 10.9. The summed E-state index contributed by atoms with van der Waals surface area (Å²) in [6.45, 7) is 9.26. The van der Waals surface area contributed by atoms with E-state index >= 15 is 0 Å². The Hall–Kier alpha value is -3.61. The summed E-state index contributed by atoms with van der Waals surface area (Å²) in [5, 5.41) is 2.88. The first-order chi connectivity index (χ1) is 15.5. The number of piperazine rings is 1. The van der Waals surface area contributed by atoms with Crippen molar-refractivity contribution < 1.29 is 9.53 Å². The summed E-state index contributed by atoms with van der Waals surface area (Å²) in [6, 6.07) is 18.1. The Morgan fingerprint density at radius 1 is 0.906 bits per heavy atom. The Labute approximate surface area is 189 Å². The quantitative estimate of drug-likeness (QED) is 0.641. The van der Waals surface area contributed by atoms with Crippen molar-refractivity contribution in [3.63, 3.8) is 0 Å². The van der Waals surface area contributed by atoms with E-state index in [-0.39, 0.29) is 12.5 Å². The summed E-state index contributed by atoms with van der Waals surface area (Å²) in [5.74, 6) is 0.834. The van der Waals surface area contributed by atoms with Gasteiger partial charge in [-0.1, -0.05) is 24.3 Å². The zero-order valence-corrected chi connectivity index (χ0v) is 18.8. The number of aromatic nitrogens is 2. The number of ether oxygens (including phenoxy) is 1. The lowest BCUT2D eigenvalue weighted by atomic mass is 10.1. The predicted molar refractivity (Wildman–Crippen MR) is 128 cm³/mol. The topological polar surface area (TPSA) is 70.6 Å². The molecule has 1 N–H and O–H groups in total. The van der Waals surface area contributed by atoms with E-state index in [1.54, 1.807) is 6.07 Å². The lowest BCUT2D eigenvalue weighted by Gasteiger charge is -2.36. The van der Waals surface area contributed by atoms with Crippen molar-refractivity contribution in [2.75, 3.05) is 47.9 Å². The van der Waals surface area contributed by atoms with Gasteiger partial charge in [-0.05, 0) is 56.2 Å². The first-order valence-corrected chi connectivity index (χ1v) is 10.9. The molecule has 2 aromatic carbocycles. The normalized spacial score (nSPS) is 13.7. The molecule has 1 aromatic heterocycles. The second kappa shape index (κ2) is 9.68. The van der Waals surface area contributed by atoms with Gasteiger partial charge < -0.3 is 19.9 Å². The molecular weight excluding hydrogens is 402 g/mol. The third-order valence-corrected chi connectivity index (χ3v) is 5.36. The largest absolute Gasteiger partial charge is 0.467 e. The van der Waals surface area contributed by atoms with Gasteiger partial charge in [0.1, 0.15) is 0 Å². The maximum atomic E-state index is 12.4. The number of aryl methyl sites for hydroxylation is 3. The molecule has 2 heterocycles. The van der Waals surface area contributed by atoms with Crippen molar-refractivity contribution in [3.8, 4) is 5.88 Å². The third-order valence-electron chi connectivity index (χ3n) is 5.36. The van der Waals surface area contributed by atoms with Crippen LogP contribution in [0.25, 0.3) is 0 Å². The molecule has 0 bridgehead atoms. The van der Waals surface area contributed by atoms with Gasteiger partial charge in [-0.25, -0.2) is 4.98 Å². The van der Waals surface area contributed by atoms with Crippen LogP contribution in [0.4, 0.5) is 17.3 Å². The molecule has 7 heteroatoms. The summed E-state index contributed by atoms with van der Waals surface area (Å²) in [5.41, 5.74) is 5.02. The van der Waals surface area contributed by atoms with E-state index in [1.807, 2.05) is 39.0 Å². The van der Waals surface area contributed by atoms with Crippen molar-refractivity contribution in [1.29, 1.82) is 0 Å². The summed E-state index contributed by atoms with van der Waals surface area (Å²) in [7, 11) is 0. The fourth-order valence-corrected chi connectivity index (χ4v) is 3.93. The first kappa shape index (κ1) is 21.6. The number of nitrogens with zero attached hydrogens (tertiary/aromatic N) is 4. The van der Waals surface area contributed by atoms with Gasteiger partial charge in [0.15, 0.2) is 6.61 Å². The fourth-order valence-electron chi connectivity index (χ4n) is 3.93. The van der Waals surface area contributed by atoms with Crippen LogP contribution in [-0.2, 0) is 4.79 Å². The minimum Gasteiger partial charge on any atom is -0.467 e. The number of anilines is 3. The molecule has 1 saturated heterocycles. The summed E-state index contributed by atoms with van der Waals surface area (Å²) < 4.78 is 5.70. The molecule has 1 fully saturated rings.